The molecule has 0 saturated heterocycles. The minimum absolute atomic E-state index is 0.155. The minimum atomic E-state index is -0.893. The van der Waals surface area contributed by atoms with Gasteiger partial charge in [0.05, 0.1) is 12.8 Å². The van der Waals surface area contributed by atoms with E-state index >= 15 is 0 Å². The highest BCUT2D eigenvalue weighted by molar-refractivity contribution is 7.15. The maximum atomic E-state index is 12.4. The van der Waals surface area contributed by atoms with Gasteiger partial charge in [0, 0.05) is 65.2 Å². The fourth-order valence-corrected chi connectivity index (χ4v) is 5.57. The van der Waals surface area contributed by atoms with E-state index in [9.17, 15) is 14.7 Å². The van der Waals surface area contributed by atoms with Gasteiger partial charge in [-0.05, 0) is 36.4 Å². The Bertz CT molecular complexity index is 1380. The number of aromatic nitrogens is 2. The molecule has 2 aromatic carbocycles. The highest BCUT2D eigenvalue weighted by atomic mass is 32.1. The largest absolute Gasteiger partial charge is 0.497 e. The minimum Gasteiger partial charge on any atom is -0.497 e. The Morgan fingerprint density at radius 3 is 2.74 bits per heavy atom. The van der Waals surface area contributed by atoms with Gasteiger partial charge in [-0.1, -0.05) is 6.07 Å². The summed E-state index contributed by atoms with van der Waals surface area (Å²) >= 11 is 1.61. The Morgan fingerprint density at radius 2 is 2.03 bits per heavy atom. The van der Waals surface area contributed by atoms with E-state index in [1.165, 1.54) is 6.92 Å². The summed E-state index contributed by atoms with van der Waals surface area (Å²) in [6, 6.07) is 12.5. The average Bonchev–Trinajstić information content (AvgIpc) is 3.42. The zero-order valence-corrected chi connectivity index (χ0v) is 19.6. The van der Waals surface area contributed by atoms with Crippen LogP contribution < -0.4 is 10.1 Å². The molecule has 0 saturated carbocycles. The third kappa shape index (κ3) is 4.15. The Labute approximate surface area is 200 Å². The first-order valence-corrected chi connectivity index (χ1v) is 11.7. The number of benzene rings is 2. The number of hydrogen-bond donors (Lipinski definition) is 3. The van der Waals surface area contributed by atoms with Gasteiger partial charge in [0.25, 0.3) is 0 Å². The number of carboxylic acid groups (broad SMARTS) is 1. The van der Waals surface area contributed by atoms with Crippen molar-refractivity contribution in [3.8, 4) is 16.3 Å². The number of carbonyl (C=O) groups excluding carboxylic acids is 1. The van der Waals surface area contributed by atoms with Gasteiger partial charge in [-0.2, -0.15) is 0 Å². The van der Waals surface area contributed by atoms with Crippen LogP contribution >= 0.6 is 11.3 Å². The summed E-state index contributed by atoms with van der Waals surface area (Å²) in [5, 5.41) is 14.7. The number of nitrogens with one attached hydrogen (secondary N) is 2. The molecule has 1 atom stereocenters. The van der Waals surface area contributed by atoms with Crippen molar-refractivity contribution >= 4 is 39.8 Å². The number of thiazole rings is 1. The summed E-state index contributed by atoms with van der Waals surface area (Å²) in [4.78, 5) is 34.9. The molecule has 34 heavy (non-hydrogen) atoms. The Morgan fingerprint density at radius 1 is 1.24 bits per heavy atom. The van der Waals surface area contributed by atoms with E-state index in [0.717, 1.165) is 37.8 Å². The molecular formula is C25H24N4O4S. The standard InChI is InChI=1S/C25H24N4O4S/c1-14(30)27-16-5-8-18-19(12-26-21(18)11-16)23(25(31)32)29-10-9-20-22(13-29)34-24(28-20)15-3-6-17(33-2)7-4-15/h3-8,11-12,23,26H,9-10,13H2,1-2H3,(H,27,30)(H,31,32)/t23-/m0/s1. The maximum absolute atomic E-state index is 12.4. The van der Waals surface area contributed by atoms with Gasteiger partial charge < -0.3 is 20.1 Å². The van der Waals surface area contributed by atoms with Crippen molar-refractivity contribution in [2.45, 2.75) is 25.9 Å². The first-order chi connectivity index (χ1) is 16.4. The first-order valence-electron chi connectivity index (χ1n) is 10.9. The van der Waals surface area contributed by atoms with Crippen LogP contribution in [0.4, 0.5) is 5.69 Å². The number of rotatable bonds is 6. The third-order valence-electron chi connectivity index (χ3n) is 6.03. The quantitative estimate of drug-likeness (QED) is 0.380. The summed E-state index contributed by atoms with van der Waals surface area (Å²) in [7, 11) is 1.64. The zero-order valence-electron chi connectivity index (χ0n) is 18.8. The number of carbonyl (C=O) groups is 2. The lowest BCUT2D eigenvalue weighted by molar-refractivity contribution is -0.144. The zero-order chi connectivity index (χ0) is 23.8. The van der Waals surface area contributed by atoms with E-state index in [4.69, 9.17) is 9.72 Å². The van der Waals surface area contributed by atoms with E-state index in [1.807, 2.05) is 41.3 Å². The molecule has 0 spiro atoms. The van der Waals surface area contributed by atoms with E-state index in [2.05, 4.69) is 10.3 Å². The molecule has 3 N–H and O–H groups in total. The second kappa shape index (κ2) is 8.92. The van der Waals surface area contributed by atoms with E-state index < -0.39 is 12.0 Å². The topological polar surface area (TPSA) is 108 Å². The van der Waals surface area contributed by atoms with Crippen LogP contribution in [-0.4, -0.2) is 45.5 Å². The number of carboxylic acids is 1. The molecule has 1 aliphatic heterocycles. The Hall–Kier alpha value is -3.69. The lowest BCUT2D eigenvalue weighted by Crippen LogP contribution is -2.37. The summed E-state index contributed by atoms with van der Waals surface area (Å²) in [5.41, 5.74) is 4.21. The van der Waals surface area contributed by atoms with Gasteiger partial charge in [-0.3, -0.25) is 14.5 Å². The summed E-state index contributed by atoms with van der Waals surface area (Å²) in [5.74, 6) is -0.254. The average molecular weight is 477 g/mol. The van der Waals surface area contributed by atoms with Crippen molar-refractivity contribution in [2.24, 2.45) is 0 Å². The molecule has 0 bridgehead atoms. The second-order valence-corrected chi connectivity index (χ2v) is 9.35. The molecule has 0 radical (unpaired) electrons. The van der Waals surface area contributed by atoms with Crippen LogP contribution in [0.5, 0.6) is 5.75 Å². The number of amides is 1. The number of anilines is 1. The van der Waals surface area contributed by atoms with E-state index in [1.54, 1.807) is 30.7 Å². The van der Waals surface area contributed by atoms with Crippen LogP contribution in [0.3, 0.4) is 0 Å². The molecule has 174 valence electrons. The van der Waals surface area contributed by atoms with Gasteiger partial charge >= 0.3 is 5.97 Å². The molecule has 2 aromatic heterocycles. The number of aromatic amines is 1. The number of methoxy groups -OCH3 is 1. The lowest BCUT2D eigenvalue weighted by atomic mass is 10.0. The monoisotopic (exact) mass is 476 g/mol. The molecule has 0 aliphatic carbocycles. The van der Waals surface area contributed by atoms with Gasteiger partial charge in [-0.25, -0.2) is 4.98 Å². The molecule has 5 rings (SSSR count). The number of fused-ring (bicyclic) bond motifs is 2. The third-order valence-corrected chi connectivity index (χ3v) is 7.16. The van der Waals surface area contributed by atoms with Crippen LogP contribution in [0.2, 0.25) is 0 Å². The predicted octanol–water partition coefficient (Wildman–Crippen LogP) is 4.44. The number of ether oxygens (including phenoxy) is 1. The van der Waals surface area contributed by atoms with Crippen LogP contribution in [0, 0.1) is 0 Å². The SMILES string of the molecule is COc1ccc(-c2nc3c(s2)CN([C@H](C(=O)O)c2c[nH]c4cc(NC(C)=O)ccc24)CC3)cc1. The van der Waals surface area contributed by atoms with Crippen molar-refractivity contribution in [3.05, 3.63) is 64.8 Å². The molecule has 0 fully saturated rings. The van der Waals surface area contributed by atoms with Crippen molar-refractivity contribution < 1.29 is 19.4 Å². The number of H-pyrrole nitrogens is 1. The first kappa shape index (κ1) is 22.1. The fraction of sp³-hybridized carbons (Fsp3) is 0.240. The van der Waals surface area contributed by atoms with Crippen molar-refractivity contribution in [1.29, 1.82) is 0 Å². The highest BCUT2D eigenvalue weighted by Gasteiger charge is 2.33. The van der Waals surface area contributed by atoms with Crippen LogP contribution in [0.15, 0.2) is 48.7 Å². The molecule has 1 aliphatic rings. The molecule has 9 heteroatoms. The molecule has 0 unspecified atom stereocenters. The fourth-order valence-electron chi connectivity index (χ4n) is 4.43. The van der Waals surface area contributed by atoms with Gasteiger partial charge in [0.1, 0.15) is 16.8 Å². The smallest absolute Gasteiger partial charge is 0.325 e. The molecule has 3 heterocycles. The molecule has 4 aromatic rings. The summed E-state index contributed by atoms with van der Waals surface area (Å²) in [6.07, 6.45) is 2.45. The van der Waals surface area contributed by atoms with Crippen molar-refractivity contribution in [2.75, 3.05) is 19.0 Å². The van der Waals surface area contributed by atoms with Crippen LogP contribution in [-0.2, 0) is 22.6 Å². The normalized spacial score (nSPS) is 14.5. The van der Waals surface area contributed by atoms with Crippen LogP contribution in [0.1, 0.15) is 29.1 Å². The van der Waals surface area contributed by atoms with Gasteiger partial charge in [0.15, 0.2) is 0 Å². The van der Waals surface area contributed by atoms with Crippen molar-refractivity contribution in [1.82, 2.24) is 14.9 Å². The molecule has 1 amide bonds. The van der Waals surface area contributed by atoms with Gasteiger partial charge in [0.2, 0.25) is 5.91 Å². The second-order valence-electron chi connectivity index (χ2n) is 8.26. The Kier molecular flexibility index (Phi) is 5.80. The van der Waals surface area contributed by atoms with E-state index in [-0.39, 0.29) is 5.91 Å². The summed E-state index contributed by atoms with van der Waals surface area (Å²) < 4.78 is 5.24. The number of hydrogen-bond acceptors (Lipinski definition) is 6. The summed E-state index contributed by atoms with van der Waals surface area (Å²) in [6.45, 7) is 2.58. The molecule has 8 nitrogen and oxygen atoms in total. The lowest BCUT2D eigenvalue weighted by Gasteiger charge is -2.31. The van der Waals surface area contributed by atoms with Crippen LogP contribution in [0.25, 0.3) is 21.5 Å². The van der Waals surface area contributed by atoms with Crippen molar-refractivity contribution in [3.63, 3.8) is 0 Å². The molecular weight excluding hydrogens is 452 g/mol. The maximum Gasteiger partial charge on any atom is 0.325 e. The highest BCUT2D eigenvalue weighted by Crippen LogP contribution is 2.37. The number of aliphatic carboxylic acids is 1. The predicted molar refractivity (Wildman–Crippen MR) is 131 cm³/mol. The Balaban J connectivity index is 1.42. The van der Waals surface area contributed by atoms with E-state index in [0.29, 0.717) is 30.8 Å². The van der Waals surface area contributed by atoms with Gasteiger partial charge in [-0.15, -0.1) is 11.3 Å². The number of nitrogens with zero attached hydrogens (tertiary/aromatic N) is 2.